The van der Waals surface area contributed by atoms with Crippen LogP contribution < -0.4 is 0 Å². The number of likely N-dealkylation sites (tertiary alicyclic amines) is 1. The molecule has 0 aliphatic carbocycles. The first-order valence-electron chi connectivity index (χ1n) is 6.97. The predicted molar refractivity (Wildman–Crippen MR) is 71.2 cm³/mol. The summed E-state index contributed by atoms with van der Waals surface area (Å²) in [6.45, 7) is 12.0. The van der Waals surface area contributed by atoms with E-state index in [0.717, 1.165) is 32.0 Å². The number of β-amino-alcohol motifs (C(OH)–C–C–N with tert-alkyl or cyclic N) is 1. The van der Waals surface area contributed by atoms with E-state index in [4.69, 9.17) is 4.74 Å². The Balaban J connectivity index is 2.22. The van der Waals surface area contributed by atoms with E-state index in [0.29, 0.717) is 6.61 Å². The third-order valence-corrected chi connectivity index (χ3v) is 3.73. The van der Waals surface area contributed by atoms with Gasteiger partial charge in [-0.3, -0.25) is 0 Å². The van der Waals surface area contributed by atoms with Gasteiger partial charge in [0, 0.05) is 13.1 Å². The van der Waals surface area contributed by atoms with Crippen molar-refractivity contribution in [2.24, 2.45) is 5.92 Å². The second kappa shape index (κ2) is 6.72. The Labute approximate surface area is 106 Å². The highest BCUT2D eigenvalue weighted by atomic mass is 16.5. The van der Waals surface area contributed by atoms with Gasteiger partial charge in [-0.1, -0.05) is 13.8 Å². The normalized spacial score (nSPS) is 24.9. The zero-order chi connectivity index (χ0) is 12.9. The molecule has 0 aromatic carbocycles. The van der Waals surface area contributed by atoms with E-state index >= 15 is 0 Å². The minimum absolute atomic E-state index is 0.115. The van der Waals surface area contributed by atoms with Crippen LogP contribution in [0.1, 0.15) is 47.0 Å². The lowest BCUT2D eigenvalue weighted by Crippen LogP contribution is -2.41. The smallest absolute Gasteiger partial charge is 0.0900 e. The topological polar surface area (TPSA) is 32.7 Å². The van der Waals surface area contributed by atoms with E-state index < -0.39 is 0 Å². The fraction of sp³-hybridized carbons (Fsp3) is 1.00. The van der Waals surface area contributed by atoms with Crippen LogP contribution in [-0.4, -0.2) is 48.0 Å². The summed E-state index contributed by atoms with van der Waals surface area (Å²) in [5.41, 5.74) is -0.115. The van der Waals surface area contributed by atoms with Gasteiger partial charge >= 0.3 is 0 Å². The highest BCUT2D eigenvalue weighted by Gasteiger charge is 2.21. The molecule has 2 unspecified atom stereocenters. The number of piperidine rings is 1. The van der Waals surface area contributed by atoms with E-state index in [1.807, 2.05) is 0 Å². The molecule has 0 aromatic heterocycles. The van der Waals surface area contributed by atoms with Gasteiger partial charge in [0.05, 0.1) is 18.3 Å². The molecule has 1 saturated heterocycles. The minimum Gasteiger partial charge on any atom is -0.389 e. The maximum atomic E-state index is 9.98. The molecule has 1 rings (SSSR count). The number of nitrogens with zero attached hydrogens (tertiary/aromatic N) is 1. The molecular formula is C14H29NO2. The van der Waals surface area contributed by atoms with Gasteiger partial charge in [0.25, 0.3) is 0 Å². The van der Waals surface area contributed by atoms with E-state index in [-0.39, 0.29) is 11.7 Å². The lowest BCUT2D eigenvalue weighted by Gasteiger charge is -2.33. The summed E-state index contributed by atoms with van der Waals surface area (Å²) in [5.74, 6) is 0.768. The molecule has 1 heterocycles. The first-order valence-corrected chi connectivity index (χ1v) is 6.97. The van der Waals surface area contributed by atoms with Gasteiger partial charge < -0.3 is 14.7 Å². The van der Waals surface area contributed by atoms with Crippen LogP contribution in [0.25, 0.3) is 0 Å². The van der Waals surface area contributed by atoms with Crippen molar-refractivity contribution in [3.8, 4) is 0 Å². The van der Waals surface area contributed by atoms with Crippen molar-refractivity contribution in [3.63, 3.8) is 0 Å². The summed E-state index contributed by atoms with van der Waals surface area (Å²) in [5, 5.41) is 9.98. The Morgan fingerprint density at radius 3 is 2.76 bits per heavy atom. The molecular weight excluding hydrogens is 214 g/mol. The summed E-state index contributed by atoms with van der Waals surface area (Å²) in [6, 6.07) is 0. The number of rotatable bonds is 6. The quantitative estimate of drug-likeness (QED) is 0.777. The molecule has 0 aromatic rings. The number of hydrogen-bond acceptors (Lipinski definition) is 3. The summed E-state index contributed by atoms with van der Waals surface area (Å²) in [7, 11) is 0. The number of ether oxygens (including phenoxy) is 1. The van der Waals surface area contributed by atoms with E-state index in [1.165, 1.54) is 12.8 Å². The highest BCUT2D eigenvalue weighted by Crippen LogP contribution is 2.17. The maximum absolute atomic E-state index is 9.98. The zero-order valence-corrected chi connectivity index (χ0v) is 11.9. The third kappa shape index (κ3) is 5.84. The van der Waals surface area contributed by atoms with Crippen molar-refractivity contribution < 1.29 is 9.84 Å². The molecule has 2 atom stereocenters. The molecule has 0 bridgehead atoms. The van der Waals surface area contributed by atoms with Crippen LogP contribution in [0.3, 0.4) is 0 Å². The molecule has 1 aliphatic heterocycles. The monoisotopic (exact) mass is 243 g/mol. The van der Waals surface area contributed by atoms with E-state index in [9.17, 15) is 5.11 Å². The van der Waals surface area contributed by atoms with Gasteiger partial charge in [0.1, 0.15) is 0 Å². The maximum Gasteiger partial charge on any atom is 0.0900 e. The fourth-order valence-corrected chi connectivity index (χ4v) is 2.23. The molecule has 3 heteroatoms. The van der Waals surface area contributed by atoms with Gasteiger partial charge in [0.2, 0.25) is 0 Å². The number of hydrogen-bond donors (Lipinski definition) is 1. The lowest BCUT2D eigenvalue weighted by atomic mass is 10.00. The predicted octanol–water partition coefficient (Wildman–Crippen LogP) is 2.28. The third-order valence-electron chi connectivity index (χ3n) is 3.73. The van der Waals surface area contributed by atoms with Crippen LogP contribution in [0.15, 0.2) is 0 Å². The van der Waals surface area contributed by atoms with Crippen molar-refractivity contribution in [3.05, 3.63) is 0 Å². The molecule has 0 amide bonds. The first kappa shape index (κ1) is 14.9. The fourth-order valence-electron chi connectivity index (χ4n) is 2.23. The second-order valence-corrected chi connectivity index (χ2v) is 6.09. The van der Waals surface area contributed by atoms with E-state index in [2.05, 4.69) is 32.6 Å². The number of aliphatic hydroxyl groups is 1. The summed E-state index contributed by atoms with van der Waals surface area (Å²) < 4.78 is 5.73. The number of aliphatic hydroxyl groups excluding tert-OH is 1. The molecule has 102 valence electrons. The van der Waals surface area contributed by atoms with Crippen LogP contribution >= 0.6 is 0 Å². The molecule has 1 aliphatic rings. The Bertz CT molecular complexity index is 218. The summed E-state index contributed by atoms with van der Waals surface area (Å²) >= 11 is 0. The Morgan fingerprint density at radius 1 is 1.47 bits per heavy atom. The van der Waals surface area contributed by atoms with Crippen LogP contribution in [-0.2, 0) is 4.74 Å². The van der Waals surface area contributed by atoms with E-state index in [1.54, 1.807) is 0 Å². The molecule has 17 heavy (non-hydrogen) atoms. The van der Waals surface area contributed by atoms with Crippen LogP contribution in [0.4, 0.5) is 0 Å². The highest BCUT2D eigenvalue weighted by molar-refractivity contribution is 4.73. The average molecular weight is 243 g/mol. The standard InChI is InChI=1S/C14H29NO2/c1-5-14(3,4)17-11-13(16)10-15-8-6-7-12(2)9-15/h12-13,16H,5-11H2,1-4H3. The Morgan fingerprint density at radius 2 is 2.18 bits per heavy atom. The van der Waals surface area contributed by atoms with Gasteiger partial charge in [0.15, 0.2) is 0 Å². The lowest BCUT2D eigenvalue weighted by molar-refractivity contribution is -0.0689. The summed E-state index contributed by atoms with van der Waals surface area (Å²) in [6.07, 6.45) is 3.20. The van der Waals surface area contributed by atoms with Gasteiger partial charge in [-0.05, 0) is 45.6 Å². The SMILES string of the molecule is CCC(C)(C)OCC(O)CN1CCCC(C)C1. The molecule has 3 nitrogen and oxygen atoms in total. The average Bonchev–Trinajstić information content (AvgIpc) is 2.27. The zero-order valence-electron chi connectivity index (χ0n) is 11.9. The minimum atomic E-state index is -0.355. The molecule has 0 radical (unpaired) electrons. The van der Waals surface area contributed by atoms with Crippen LogP contribution in [0.2, 0.25) is 0 Å². The van der Waals surface area contributed by atoms with Gasteiger partial charge in [-0.25, -0.2) is 0 Å². The molecule has 0 saturated carbocycles. The Kier molecular flexibility index (Phi) is 5.90. The van der Waals surface area contributed by atoms with Crippen molar-refractivity contribution >= 4 is 0 Å². The van der Waals surface area contributed by atoms with Crippen molar-refractivity contribution in [1.29, 1.82) is 0 Å². The molecule has 1 fully saturated rings. The second-order valence-electron chi connectivity index (χ2n) is 6.09. The molecule has 0 spiro atoms. The van der Waals surface area contributed by atoms with Crippen molar-refractivity contribution in [1.82, 2.24) is 4.90 Å². The molecule has 1 N–H and O–H groups in total. The van der Waals surface area contributed by atoms with Crippen molar-refractivity contribution in [2.75, 3.05) is 26.2 Å². The van der Waals surface area contributed by atoms with Gasteiger partial charge in [-0.2, -0.15) is 0 Å². The Hall–Kier alpha value is -0.120. The van der Waals surface area contributed by atoms with Gasteiger partial charge in [-0.15, -0.1) is 0 Å². The van der Waals surface area contributed by atoms with Crippen LogP contribution in [0.5, 0.6) is 0 Å². The largest absolute Gasteiger partial charge is 0.389 e. The summed E-state index contributed by atoms with van der Waals surface area (Å²) in [4.78, 5) is 2.36. The van der Waals surface area contributed by atoms with Crippen molar-refractivity contribution in [2.45, 2.75) is 58.7 Å². The first-order chi connectivity index (χ1) is 7.93. The van der Waals surface area contributed by atoms with Crippen LogP contribution in [0, 0.1) is 5.92 Å².